The normalized spacial score (nSPS) is 34.0. The lowest BCUT2D eigenvalue weighted by molar-refractivity contribution is -0.145. The molecule has 156 valence electrons. The summed E-state index contributed by atoms with van der Waals surface area (Å²) in [5.74, 6) is 0.137. The Morgan fingerprint density at radius 2 is 1.66 bits per heavy atom. The highest BCUT2D eigenvalue weighted by Crippen LogP contribution is 2.40. The van der Waals surface area contributed by atoms with Crippen molar-refractivity contribution < 1.29 is 9.59 Å². The van der Waals surface area contributed by atoms with Crippen LogP contribution >= 0.6 is 0 Å². The van der Waals surface area contributed by atoms with Crippen LogP contribution in [0.15, 0.2) is 24.3 Å². The summed E-state index contributed by atoms with van der Waals surface area (Å²) in [4.78, 5) is 31.7. The molecule has 3 fully saturated rings. The number of fused-ring (bicyclic) bond motifs is 3. The molecule has 0 spiro atoms. The molecule has 3 aliphatic heterocycles. The van der Waals surface area contributed by atoms with Crippen LogP contribution in [-0.2, 0) is 16.0 Å². The number of benzene rings is 1. The van der Waals surface area contributed by atoms with Crippen LogP contribution in [-0.4, -0.2) is 47.9 Å². The van der Waals surface area contributed by atoms with Crippen molar-refractivity contribution in [3.63, 3.8) is 0 Å². The number of carbonyl (C=O) groups is 2. The highest BCUT2D eigenvalue weighted by molar-refractivity contribution is 6.00. The molecule has 5 unspecified atom stereocenters. The van der Waals surface area contributed by atoms with Gasteiger partial charge in [0.1, 0.15) is 0 Å². The maximum atomic E-state index is 13.8. The van der Waals surface area contributed by atoms with E-state index in [2.05, 4.69) is 35.3 Å². The van der Waals surface area contributed by atoms with Crippen LogP contribution in [0.3, 0.4) is 0 Å². The van der Waals surface area contributed by atoms with Crippen molar-refractivity contribution >= 4 is 17.5 Å². The first-order chi connectivity index (χ1) is 14.1. The van der Waals surface area contributed by atoms with Crippen LogP contribution in [0.1, 0.15) is 57.4 Å². The Balaban J connectivity index is 1.40. The number of hydrogen-bond acceptors (Lipinski definition) is 3. The van der Waals surface area contributed by atoms with E-state index in [-0.39, 0.29) is 29.7 Å². The zero-order valence-corrected chi connectivity index (χ0v) is 17.5. The van der Waals surface area contributed by atoms with Gasteiger partial charge in [0.15, 0.2) is 0 Å². The Morgan fingerprint density at radius 3 is 2.48 bits per heavy atom. The predicted molar refractivity (Wildman–Crippen MR) is 114 cm³/mol. The fraction of sp³-hybridized carbons (Fsp3) is 0.667. The lowest BCUT2D eigenvalue weighted by Crippen LogP contribution is -2.51. The van der Waals surface area contributed by atoms with Crippen molar-refractivity contribution in [2.45, 2.75) is 76.4 Å². The van der Waals surface area contributed by atoms with Crippen LogP contribution in [0.5, 0.6) is 0 Å². The summed E-state index contributed by atoms with van der Waals surface area (Å²) in [6, 6.07) is 9.13. The molecule has 0 aromatic heterocycles. The van der Waals surface area contributed by atoms with Crippen molar-refractivity contribution in [3.8, 4) is 0 Å². The summed E-state index contributed by atoms with van der Waals surface area (Å²) < 4.78 is 0. The second-order valence-corrected chi connectivity index (χ2v) is 9.51. The van der Waals surface area contributed by atoms with Gasteiger partial charge in [-0.05, 0) is 63.6 Å². The van der Waals surface area contributed by atoms with E-state index in [1.54, 1.807) is 0 Å². The number of nitrogens with one attached hydrogen (secondary N) is 1. The van der Waals surface area contributed by atoms with Gasteiger partial charge in [0, 0.05) is 36.3 Å². The van der Waals surface area contributed by atoms with Crippen molar-refractivity contribution in [3.05, 3.63) is 29.8 Å². The summed E-state index contributed by atoms with van der Waals surface area (Å²) in [5, 5.41) is 3.49. The van der Waals surface area contributed by atoms with E-state index in [0.717, 1.165) is 70.1 Å². The zero-order valence-electron chi connectivity index (χ0n) is 17.5. The van der Waals surface area contributed by atoms with Crippen molar-refractivity contribution in [2.75, 3.05) is 18.0 Å². The zero-order chi connectivity index (χ0) is 20.0. The first kappa shape index (κ1) is 19.1. The Labute approximate surface area is 173 Å². The molecule has 2 amide bonds. The first-order valence-electron chi connectivity index (χ1n) is 11.6. The predicted octanol–water partition coefficient (Wildman–Crippen LogP) is 3.12. The molecule has 3 heterocycles. The number of para-hydroxylation sites is 1. The highest BCUT2D eigenvalue weighted by atomic mass is 16.2. The fourth-order valence-corrected chi connectivity index (χ4v) is 6.34. The molecule has 2 saturated heterocycles. The summed E-state index contributed by atoms with van der Waals surface area (Å²) >= 11 is 0. The van der Waals surface area contributed by atoms with Crippen LogP contribution in [0, 0.1) is 11.8 Å². The van der Waals surface area contributed by atoms with E-state index in [1.807, 2.05) is 11.0 Å². The Kier molecular flexibility index (Phi) is 5.10. The van der Waals surface area contributed by atoms with Crippen LogP contribution < -0.4 is 10.2 Å². The van der Waals surface area contributed by atoms with Crippen LogP contribution in [0.4, 0.5) is 5.69 Å². The lowest BCUT2D eigenvalue weighted by atomic mass is 9.77. The minimum absolute atomic E-state index is 0.141. The molecule has 1 N–H and O–H groups in total. The second-order valence-electron chi connectivity index (χ2n) is 9.51. The third-order valence-corrected chi connectivity index (χ3v) is 7.75. The Hall–Kier alpha value is -1.88. The SMILES string of the molecule is CC1Cc2ccccc2N1C(=O)C1CCCCC1C(=O)N1C2CCNCC1CC2. The molecule has 2 bridgehead atoms. The van der Waals surface area contributed by atoms with Gasteiger partial charge in [-0.2, -0.15) is 0 Å². The van der Waals surface area contributed by atoms with E-state index < -0.39 is 0 Å². The topological polar surface area (TPSA) is 52.7 Å². The average molecular weight is 396 g/mol. The summed E-state index contributed by atoms with van der Waals surface area (Å²) in [7, 11) is 0. The molecule has 1 aromatic carbocycles. The van der Waals surface area contributed by atoms with Gasteiger partial charge >= 0.3 is 0 Å². The molecule has 1 saturated carbocycles. The van der Waals surface area contributed by atoms with Gasteiger partial charge < -0.3 is 15.1 Å². The van der Waals surface area contributed by atoms with E-state index >= 15 is 0 Å². The van der Waals surface area contributed by atoms with Crippen molar-refractivity contribution in [1.82, 2.24) is 10.2 Å². The third-order valence-electron chi connectivity index (χ3n) is 7.75. The summed E-state index contributed by atoms with van der Waals surface area (Å²) in [5.41, 5.74) is 2.31. The van der Waals surface area contributed by atoms with Gasteiger partial charge in [-0.1, -0.05) is 31.0 Å². The van der Waals surface area contributed by atoms with Gasteiger partial charge in [-0.15, -0.1) is 0 Å². The molecular weight excluding hydrogens is 362 g/mol. The van der Waals surface area contributed by atoms with E-state index in [9.17, 15) is 9.59 Å². The minimum atomic E-state index is -0.166. The van der Waals surface area contributed by atoms with Crippen molar-refractivity contribution in [2.24, 2.45) is 11.8 Å². The molecule has 1 aromatic rings. The third kappa shape index (κ3) is 3.27. The standard InChI is InChI=1S/C24H33N3O2/c1-16-14-17-6-2-5-9-22(17)26(16)23(28)20-7-3-4-8-21(20)24(29)27-18-10-11-19(27)15-25-13-12-18/h2,5-6,9,16,18-21,25H,3-4,7-8,10-15H2,1H3. The van der Waals surface area contributed by atoms with Crippen molar-refractivity contribution in [1.29, 1.82) is 0 Å². The molecule has 1 aliphatic carbocycles. The molecule has 5 atom stereocenters. The second kappa shape index (κ2) is 7.75. The minimum Gasteiger partial charge on any atom is -0.335 e. The van der Waals surface area contributed by atoms with Gasteiger partial charge in [-0.3, -0.25) is 9.59 Å². The molecule has 4 aliphatic rings. The average Bonchev–Trinajstić information content (AvgIpc) is 3.20. The summed E-state index contributed by atoms with van der Waals surface area (Å²) in [6.07, 6.45) is 8.02. The molecule has 5 rings (SSSR count). The van der Waals surface area contributed by atoms with E-state index in [0.29, 0.717) is 12.1 Å². The Morgan fingerprint density at radius 1 is 0.931 bits per heavy atom. The maximum Gasteiger partial charge on any atom is 0.231 e. The first-order valence-corrected chi connectivity index (χ1v) is 11.6. The smallest absolute Gasteiger partial charge is 0.231 e. The maximum absolute atomic E-state index is 13.8. The largest absolute Gasteiger partial charge is 0.335 e. The van der Waals surface area contributed by atoms with E-state index in [1.165, 1.54) is 5.56 Å². The Bertz CT molecular complexity index is 780. The number of nitrogens with zero attached hydrogens (tertiary/aromatic N) is 2. The van der Waals surface area contributed by atoms with E-state index in [4.69, 9.17) is 0 Å². The monoisotopic (exact) mass is 395 g/mol. The fourth-order valence-electron chi connectivity index (χ4n) is 6.34. The quantitative estimate of drug-likeness (QED) is 0.837. The molecular formula is C24H33N3O2. The number of carbonyl (C=O) groups excluding carboxylic acids is 2. The number of hydrogen-bond donors (Lipinski definition) is 1. The number of rotatable bonds is 2. The molecule has 0 radical (unpaired) electrons. The molecule has 29 heavy (non-hydrogen) atoms. The number of amides is 2. The highest BCUT2D eigenvalue weighted by Gasteiger charge is 2.46. The lowest BCUT2D eigenvalue weighted by Gasteiger charge is -2.38. The van der Waals surface area contributed by atoms with Crippen LogP contribution in [0.25, 0.3) is 0 Å². The van der Waals surface area contributed by atoms with Gasteiger partial charge in [-0.25, -0.2) is 0 Å². The number of anilines is 1. The molecule has 5 nitrogen and oxygen atoms in total. The van der Waals surface area contributed by atoms with Gasteiger partial charge in [0.05, 0.1) is 5.92 Å². The van der Waals surface area contributed by atoms with Gasteiger partial charge in [0.25, 0.3) is 0 Å². The summed E-state index contributed by atoms with van der Waals surface area (Å²) in [6.45, 7) is 4.04. The van der Waals surface area contributed by atoms with Crippen LogP contribution in [0.2, 0.25) is 0 Å². The van der Waals surface area contributed by atoms with Gasteiger partial charge in [0.2, 0.25) is 11.8 Å². The molecule has 5 heteroatoms.